The van der Waals surface area contributed by atoms with Gasteiger partial charge in [-0.15, -0.1) is 0 Å². The quantitative estimate of drug-likeness (QED) is 0.513. The number of rotatable bonds is 5. The first kappa shape index (κ1) is 21.0. The Morgan fingerprint density at radius 3 is 2.66 bits per heavy atom. The number of amides is 1. The minimum absolute atomic E-state index is 0.0525. The van der Waals surface area contributed by atoms with Gasteiger partial charge in [0, 0.05) is 5.02 Å². The molecule has 2 aromatic carbocycles. The molecule has 0 aliphatic carbocycles. The van der Waals surface area contributed by atoms with Gasteiger partial charge in [-0.2, -0.15) is 13.2 Å². The van der Waals surface area contributed by atoms with E-state index in [1.165, 1.54) is 0 Å². The van der Waals surface area contributed by atoms with Crippen LogP contribution in [0.5, 0.6) is 5.75 Å². The Kier molecular flexibility index (Phi) is 6.04. The average molecular weight is 445 g/mol. The average Bonchev–Trinajstić information content (AvgIpc) is 3.01. The molecule has 3 rings (SSSR count). The number of hydrogen-bond donors (Lipinski definition) is 1. The van der Waals surface area contributed by atoms with Crippen molar-refractivity contribution in [3.8, 4) is 5.75 Å². The third-order valence-electron chi connectivity index (χ3n) is 3.92. The zero-order valence-corrected chi connectivity index (χ0v) is 16.3. The van der Waals surface area contributed by atoms with Crippen molar-refractivity contribution in [3.63, 3.8) is 0 Å². The summed E-state index contributed by atoms with van der Waals surface area (Å²) in [4.78, 5) is 12.6. The summed E-state index contributed by atoms with van der Waals surface area (Å²) in [5.41, 5.74) is -0.935. The van der Waals surface area contributed by atoms with Gasteiger partial charge < -0.3 is 14.6 Å². The number of halogens is 5. The summed E-state index contributed by atoms with van der Waals surface area (Å²) >= 11 is 11.8. The highest BCUT2D eigenvalue weighted by atomic mass is 35.5. The first-order valence-corrected chi connectivity index (χ1v) is 8.92. The van der Waals surface area contributed by atoms with Gasteiger partial charge in [0.2, 0.25) is 0 Å². The van der Waals surface area contributed by atoms with Crippen LogP contribution in [0.1, 0.15) is 27.4 Å². The van der Waals surface area contributed by atoms with Crippen LogP contribution < -0.4 is 10.1 Å². The Morgan fingerprint density at radius 2 is 1.97 bits per heavy atom. The topological polar surface area (TPSA) is 64.4 Å². The van der Waals surface area contributed by atoms with Crippen LogP contribution in [0.3, 0.4) is 0 Å². The maximum atomic E-state index is 12.9. The summed E-state index contributed by atoms with van der Waals surface area (Å²) in [6, 6.07) is 9.26. The number of nitrogens with one attached hydrogen (secondary N) is 1. The van der Waals surface area contributed by atoms with Gasteiger partial charge in [0.05, 0.1) is 21.8 Å². The van der Waals surface area contributed by atoms with Crippen LogP contribution in [0.2, 0.25) is 10.0 Å². The van der Waals surface area contributed by atoms with E-state index >= 15 is 0 Å². The molecule has 0 atom stereocenters. The number of anilines is 1. The minimum Gasteiger partial charge on any atom is -0.489 e. The normalized spacial score (nSPS) is 11.4. The lowest BCUT2D eigenvalue weighted by molar-refractivity contribution is -0.137. The lowest BCUT2D eigenvalue weighted by Gasteiger charge is -2.11. The predicted molar refractivity (Wildman–Crippen MR) is 101 cm³/mol. The molecule has 3 aromatic rings. The van der Waals surface area contributed by atoms with Crippen molar-refractivity contribution in [1.29, 1.82) is 0 Å². The molecule has 0 radical (unpaired) electrons. The van der Waals surface area contributed by atoms with Gasteiger partial charge in [-0.25, -0.2) is 0 Å². The zero-order valence-electron chi connectivity index (χ0n) is 14.8. The maximum Gasteiger partial charge on any atom is 0.416 e. The van der Waals surface area contributed by atoms with Crippen LogP contribution >= 0.6 is 23.2 Å². The van der Waals surface area contributed by atoms with Crippen molar-refractivity contribution in [1.82, 2.24) is 5.16 Å². The van der Waals surface area contributed by atoms with Crippen molar-refractivity contribution in [2.24, 2.45) is 0 Å². The second kappa shape index (κ2) is 8.34. The summed E-state index contributed by atoms with van der Waals surface area (Å²) in [6.07, 6.45) is -4.58. The molecule has 29 heavy (non-hydrogen) atoms. The maximum absolute atomic E-state index is 12.9. The fraction of sp³-hybridized carbons (Fsp3) is 0.158. The zero-order chi connectivity index (χ0) is 21.2. The highest BCUT2D eigenvalue weighted by Crippen LogP contribution is 2.34. The Morgan fingerprint density at radius 1 is 1.21 bits per heavy atom. The third kappa shape index (κ3) is 5.02. The summed E-state index contributed by atoms with van der Waals surface area (Å²) in [5.74, 6) is 0.00506. The molecule has 1 amide bonds. The van der Waals surface area contributed by atoms with E-state index in [2.05, 4.69) is 10.5 Å². The number of alkyl halides is 3. The van der Waals surface area contributed by atoms with E-state index in [0.717, 1.165) is 18.2 Å². The molecule has 1 heterocycles. The number of carbonyl (C=O) groups is 1. The predicted octanol–water partition coefficient (Wildman–Crippen LogP) is 6.14. The van der Waals surface area contributed by atoms with Gasteiger partial charge in [0.25, 0.3) is 5.91 Å². The molecule has 0 bridgehead atoms. The lowest BCUT2D eigenvalue weighted by atomic mass is 10.1. The molecule has 0 saturated heterocycles. The highest BCUT2D eigenvalue weighted by Gasteiger charge is 2.31. The second-order valence-corrected chi connectivity index (χ2v) is 6.80. The lowest BCUT2D eigenvalue weighted by Crippen LogP contribution is -2.16. The monoisotopic (exact) mass is 444 g/mol. The van der Waals surface area contributed by atoms with Crippen molar-refractivity contribution in [3.05, 3.63) is 75.1 Å². The summed E-state index contributed by atoms with van der Waals surface area (Å²) in [7, 11) is 0. The van der Waals surface area contributed by atoms with E-state index in [-0.39, 0.29) is 23.0 Å². The van der Waals surface area contributed by atoms with Crippen LogP contribution in [0.15, 0.2) is 47.0 Å². The van der Waals surface area contributed by atoms with E-state index < -0.39 is 17.6 Å². The van der Waals surface area contributed by atoms with Gasteiger partial charge in [0.1, 0.15) is 18.1 Å². The minimum atomic E-state index is -4.58. The number of benzene rings is 2. The SMILES string of the molecule is Cc1onc(C(=O)Nc2cc(C(F)(F)F)ccc2Cl)c1COc1cccc(Cl)c1. The van der Waals surface area contributed by atoms with Gasteiger partial charge in [0.15, 0.2) is 5.69 Å². The van der Waals surface area contributed by atoms with Gasteiger partial charge in [-0.1, -0.05) is 34.4 Å². The van der Waals surface area contributed by atoms with Crippen molar-refractivity contribution in [2.75, 3.05) is 5.32 Å². The summed E-state index contributed by atoms with van der Waals surface area (Å²) in [6.45, 7) is 1.52. The number of nitrogens with zero attached hydrogens (tertiary/aromatic N) is 1. The van der Waals surface area contributed by atoms with Gasteiger partial charge in [-0.05, 0) is 43.3 Å². The van der Waals surface area contributed by atoms with Crippen LogP contribution in [0.4, 0.5) is 18.9 Å². The van der Waals surface area contributed by atoms with Crippen molar-refractivity contribution in [2.45, 2.75) is 19.7 Å². The Labute approximate surface area is 173 Å². The molecule has 0 unspecified atom stereocenters. The van der Waals surface area contributed by atoms with Crippen LogP contribution in [0, 0.1) is 6.92 Å². The third-order valence-corrected chi connectivity index (χ3v) is 4.49. The summed E-state index contributed by atoms with van der Waals surface area (Å²) in [5, 5.41) is 6.44. The molecule has 0 fully saturated rings. The fourth-order valence-corrected chi connectivity index (χ4v) is 2.78. The molecule has 5 nitrogen and oxygen atoms in total. The standard InChI is InChI=1S/C19H13Cl2F3N2O3/c1-10-14(9-28-13-4-2-3-12(20)8-13)17(26-29-10)18(27)25-16-7-11(19(22,23)24)5-6-15(16)21/h2-8H,9H2,1H3,(H,25,27). The molecular weight excluding hydrogens is 432 g/mol. The van der Waals surface area contributed by atoms with Gasteiger partial charge in [-0.3, -0.25) is 4.79 Å². The largest absolute Gasteiger partial charge is 0.489 e. The van der Waals surface area contributed by atoms with E-state index in [1.807, 2.05) is 0 Å². The Bertz CT molecular complexity index is 1050. The van der Waals surface area contributed by atoms with E-state index in [9.17, 15) is 18.0 Å². The number of aromatic nitrogens is 1. The van der Waals surface area contributed by atoms with E-state index in [4.69, 9.17) is 32.5 Å². The molecule has 152 valence electrons. The fourth-order valence-electron chi connectivity index (χ4n) is 2.43. The van der Waals surface area contributed by atoms with Crippen molar-refractivity contribution < 1.29 is 27.2 Å². The van der Waals surface area contributed by atoms with Crippen LogP contribution in [-0.2, 0) is 12.8 Å². The molecular formula is C19H13Cl2F3N2O3. The summed E-state index contributed by atoms with van der Waals surface area (Å²) < 4.78 is 49.4. The van der Waals surface area contributed by atoms with Crippen LogP contribution in [-0.4, -0.2) is 11.1 Å². The van der Waals surface area contributed by atoms with Gasteiger partial charge >= 0.3 is 6.18 Å². The first-order chi connectivity index (χ1) is 13.6. The van der Waals surface area contributed by atoms with E-state index in [0.29, 0.717) is 22.1 Å². The van der Waals surface area contributed by atoms with E-state index in [1.54, 1.807) is 31.2 Å². The molecule has 0 aliphatic heterocycles. The number of carbonyl (C=O) groups excluding carboxylic acids is 1. The molecule has 0 spiro atoms. The number of aryl methyl sites for hydroxylation is 1. The molecule has 0 aliphatic rings. The molecule has 1 aromatic heterocycles. The smallest absolute Gasteiger partial charge is 0.416 e. The first-order valence-electron chi connectivity index (χ1n) is 8.17. The number of hydrogen-bond acceptors (Lipinski definition) is 4. The van der Waals surface area contributed by atoms with Crippen molar-refractivity contribution >= 4 is 34.8 Å². The Hall–Kier alpha value is -2.71. The molecule has 10 heteroatoms. The molecule has 0 saturated carbocycles. The second-order valence-electron chi connectivity index (χ2n) is 5.96. The van der Waals surface area contributed by atoms with Crippen LogP contribution in [0.25, 0.3) is 0 Å². The highest BCUT2D eigenvalue weighted by molar-refractivity contribution is 6.34. The molecule has 1 N–H and O–H groups in total. The number of ether oxygens (including phenoxy) is 1. The Balaban J connectivity index is 1.80.